The zero-order valence-corrected chi connectivity index (χ0v) is 11.9. The Kier molecular flexibility index (Phi) is 5.08. The molecule has 0 aliphatic heterocycles. The van der Waals surface area contributed by atoms with Gasteiger partial charge in [-0.05, 0) is 38.5 Å². The van der Waals surface area contributed by atoms with E-state index in [1.54, 1.807) is 18.3 Å². The summed E-state index contributed by atoms with van der Waals surface area (Å²) < 4.78 is 25.7. The summed E-state index contributed by atoms with van der Waals surface area (Å²) >= 11 is 5.64. The molecular formula is C11H22ClNO2S. The summed E-state index contributed by atoms with van der Waals surface area (Å²) in [6.45, 7) is 3.90. The van der Waals surface area contributed by atoms with Gasteiger partial charge < -0.3 is 0 Å². The molecule has 3 nitrogen and oxygen atoms in total. The number of hydrogen-bond acceptors (Lipinski definition) is 2. The molecule has 0 aromatic rings. The highest BCUT2D eigenvalue weighted by molar-refractivity contribution is 7.89. The minimum atomic E-state index is -3.20. The van der Waals surface area contributed by atoms with Gasteiger partial charge in [0, 0.05) is 19.0 Å². The van der Waals surface area contributed by atoms with Gasteiger partial charge in [0.2, 0.25) is 10.0 Å². The van der Waals surface area contributed by atoms with Crippen molar-refractivity contribution in [2.45, 2.75) is 50.8 Å². The lowest BCUT2D eigenvalue weighted by atomic mass is 9.87. The summed E-state index contributed by atoms with van der Waals surface area (Å²) in [6, 6.07) is 0.173. The number of alkyl halides is 1. The van der Waals surface area contributed by atoms with Gasteiger partial charge in [-0.15, -0.1) is 11.6 Å². The molecule has 0 radical (unpaired) electrons. The maximum atomic E-state index is 12.1. The summed E-state index contributed by atoms with van der Waals surface area (Å²) in [5.74, 6) is 0.897. The van der Waals surface area contributed by atoms with Crippen molar-refractivity contribution in [2.75, 3.05) is 12.9 Å². The second-order valence-electron chi connectivity index (χ2n) is 4.94. The molecule has 1 aliphatic carbocycles. The third kappa shape index (κ3) is 3.11. The van der Waals surface area contributed by atoms with Crippen LogP contribution in [0.4, 0.5) is 0 Å². The van der Waals surface area contributed by atoms with Crippen molar-refractivity contribution >= 4 is 21.6 Å². The van der Waals surface area contributed by atoms with E-state index in [9.17, 15) is 8.42 Å². The summed E-state index contributed by atoms with van der Waals surface area (Å²) in [6.07, 6.45) is 4.21. The minimum absolute atomic E-state index is 0.162. The van der Waals surface area contributed by atoms with Gasteiger partial charge in [0.05, 0.1) is 5.25 Å². The average molecular weight is 268 g/mol. The quantitative estimate of drug-likeness (QED) is 0.734. The Morgan fingerprint density at radius 3 is 2.25 bits per heavy atom. The largest absolute Gasteiger partial charge is 0.217 e. The van der Waals surface area contributed by atoms with Crippen molar-refractivity contribution < 1.29 is 8.42 Å². The number of hydrogen-bond donors (Lipinski definition) is 0. The standard InChI is InChI=1S/C11H22ClNO2S/c1-9-4-6-11(7-5-9)13(3)16(14,15)10(2)8-12/h9-11H,4-8H2,1-3H3. The summed E-state index contributed by atoms with van der Waals surface area (Å²) in [5.41, 5.74) is 0. The Morgan fingerprint density at radius 2 is 1.81 bits per heavy atom. The number of sulfonamides is 1. The van der Waals surface area contributed by atoms with Gasteiger partial charge in [-0.3, -0.25) is 0 Å². The molecule has 16 heavy (non-hydrogen) atoms. The van der Waals surface area contributed by atoms with Gasteiger partial charge in [0.15, 0.2) is 0 Å². The first-order valence-electron chi connectivity index (χ1n) is 5.92. The van der Waals surface area contributed by atoms with Crippen LogP contribution in [-0.2, 0) is 10.0 Å². The van der Waals surface area contributed by atoms with E-state index in [4.69, 9.17) is 11.6 Å². The number of rotatable bonds is 4. The SMILES string of the molecule is CC1CCC(N(C)S(=O)(=O)C(C)CCl)CC1. The Balaban J connectivity index is 2.67. The lowest BCUT2D eigenvalue weighted by molar-refractivity contribution is 0.245. The lowest BCUT2D eigenvalue weighted by Gasteiger charge is -2.34. The zero-order valence-electron chi connectivity index (χ0n) is 10.3. The first-order chi connectivity index (χ1) is 7.39. The molecule has 0 N–H and O–H groups in total. The highest BCUT2D eigenvalue weighted by atomic mass is 35.5. The molecule has 1 rings (SSSR count). The molecule has 1 fully saturated rings. The zero-order chi connectivity index (χ0) is 12.3. The fourth-order valence-corrected chi connectivity index (χ4v) is 4.01. The van der Waals surface area contributed by atoms with Crippen molar-refractivity contribution in [3.63, 3.8) is 0 Å². The van der Waals surface area contributed by atoms with Crippen LogP contribution in [0.5, 0.6) is 0 Å². The molecule has 96 valence electrons. The Hall–Kier alpha value is 0.200. The van der Waals surface area contributed by atoms with Crippen molar-refractivity contribution in [1.82, 2.24) is 4.31 Å². The maximum Gasteiger partial charge on any atom is 0.217 e. The van der Waals surface area contributed by atoms with Crippen LogP contribution in [0, 0.1) is 5.92 Å². The number of halogens is 1. The van der Waals surface area contributed by atoms with Crippen LogP contribution in [0.15, 0.2) is 0 Å². The van der Waals surface area contributed by atoms with Crippen LogP contribution in [0.25, 0.3) is 0 Å². The van der Waals surface area contributed by atoms with Crippen LogP contribution in [0.3, 0.4) is 0 Å². The molecule has 0 bridgehead atoms. The summed E-state index contributed by atoms with van der Waals surface area (Å²) in [5, 5.41) is -0.487. The summed E-state index contributed by atoms with van der Waals surface area (Å²) in [4.78, 5) is 0. The molecule has 0 aromatic heterocycles. The molecule has 0 saturated heterocycles. The first kappa shape index (κ1) is 14.3. The second-order valence-corrected chi connectivity index (χ2v) is 7.66. The molecule has 1 aliphatic rings. The van der Waals surface area contributed by atoms with E-state index < -0.39 is 15.3 Å². The van der Waals surface area contributed by atoms with E-state index in [-0.39, 0.29) is 11.9 Å². The second kappa shape index (κ2) is 5.69. The monoisotopic (exact) mass is 267 g/mol. The van der Waals surface area contributed by atoms with Crippen molar-refractivity contribution in [2.24, 2.45) is 5.92 Å². The predicted molar refractivity (Wildman–Crippen MR) is 68.3 cm³/mol. The van der Waals surface area contributed by atoms with Crippen molar-refractivity contribution in [3.05, 3.63) is 0 Å². The highest BCUT2D eigenvalue weighted by Gasteiger charge is 2.32. The Bertz CT molecular complexity index is 310. The van der Waals surface area contributed by atoms with E-state index in [1.807, 2.05) is 0 Å². The molecule has 1 unspecified atom stereocenters. The maximum absolute atomic E-state index is 12.1. The van der Waals surface area contributed by atoms with Gasteiger partial charge in [-0.1, -0.05) is 6.92 Å². The average Bonchev–Trinajstić information content (AvgIpc) is 2.28. The predicted octanol–water partition coefficient (Wildman–Crippen LogP) is 2.45. The normalized spacial score (nSPS) is 29.3. The Labute approximate surface area is 104 Å². The van der Waals surface area contributed by atoms with Crippen molar-refractivity contribution in [3.8, 4) is 0 Å². The molecular weight excluding hydrogens is 246 g/mol. The van der Waals surface area contributed by atoms with Crippen LogP contribution in [0.1, 0.15) is 39.5 Å². The molecule has 0 amide bonds. The van der Waals surface area contributed by atoms with Crippen molar-refractivity contribution in [1.29, 1.82) is 0 Å². The van der Waals surface area contributed by atoms with E-state index in [0.717, 1.165) is 31.6 Å². The first-order valence-corrected chi connectivity index (χ1v) is 7.96. The third-order valence-corrected chi connectivity index (χ3v) is 6.56. The highest BCUT2D eigenvalue weighted by Crippen LogP contribution is 2.28. The van der Waals surface area contributed by atoms with Gasteiger partial charge in [-0.25, -0.2) is 12.7 Å². The third-order valence-electron chi connectivity index (χ3n) is 3.63. The van der Waals surface area contributed by atoms with Gasteiger partial charge in [-0.2, -0.15) is 0 Å². The fourth-order valence-electron chi connectivity index (χ4n) is 2.18. The molecule has 1 atom stereocenters. The number of nitrogens with zero attached hydrogens (tertiary/aromatic N) is 1. The minimum Gasteiger partial charge on any atom is -0.212 e. The lowest BCUT2D eigenvalue weighted by Crippen LogP contribution is -2.43. The topological polar surface area (TPSA) is 37.4 Å². The van der Waals surface area contributed by atoms with E-state index >= 15 is 0 Å². The van der Waals surface area contributed by atoms with E-state index in [2.05, 4.69) is 6.92 Å². The van der Waals surface area contributed by atoms with Gasteiger partial charge >= 0.3 is 0 Å². The molecule has 1 saturated carbocycles. The van der Waals surface area contributed by atoms with Gasteiger partial charge in [0.1, 0.15) is 0 Å². The molecule has 0 aromatic carbocycles. The van der Waals surface area contributed by atoms with Crippen LogP contribution in [0.2, 0.25) is 0 Å². The molecule has 5 heteroatoms. The van der Waals surface area contributed by atoms with E-state index in [0.29, 0.717) is 0 Å². The van der Waals surface area contributed by atoms with Crippen LogP contribution >= 0.6 is 11.6 Å². The Morgan fingerprint density at radius 1 is 1.31 bits per heavy atom. The summed E-state index contributed by atoms with van der Waals surface area (Å²) in [7, 11) is -1.51. The van der Waals surface area contributed by atoms with Crippen LogP contribution < -0.4 is 0 Å². The molecule has 0 spiro atoms. The van der Waals surface area contributed by atoms with Crippen LogP contribution in [-0.4, -0.2) is 36.9 Å². The van der Waals surface area contributed by atoms with E-state index in [1.165, 1.54) is 0 Å². The fraction of sp³-hybridized carbons (Fsp3) is 1.00. The van der Waals surface area contributed by atoms with Gasteiger partial charge in [0.25, 0.3) is 0 Å². The smallest absolute Gasteiger partial charge is 0.212 e. The molecule has 0 heterocycles.